The summed E-state index contributed by atoms with van der Waals surface area (Å²) in [6.07, 6.45) is 2.42. The van der Waals surface area contributed by atoms with Crippen LogP contribution in [0.5, 0.6) is 0 Å². The van der Waals surface area contributed by atoms with Crippen molar-refractivity contribution in [2.75, 3.05) is 0 Å². The van der Waals surface area contributed by atoms with Crippen LogP contribution < -0.4 is 0 Å². The molecular weight excluding hydrogens is 264 g/mol. The van der Waals surface area contributed by atoms with Crippen LogP contribution in [0.1, 0.15) is 62.8 Å². The minimum atomic E-state index is 0.165. The SMILES string of the molecule is CC(C)C1=Cc2cccc(C(C)(C)C)c2C1c1ccccc1. The van der Waals surface area contributed by atoms with Crippen molar-refractivity contribution in [2.24, 2.45) is 5.92 Å². The summed E-state index contributed by atoms with van der Waals surface area (Å²) in [5, 5.41) is 0. The molecular formula is C22H26. The van der Waals surface area contributed by atoms with E-state index in [9.17, 15) is 0 Å². The van der Waals surface area contributed by atoms with E-state index in [2.05, 4.69) is 89.2 Å². The number of fused-ring (bicyclic) bond motifs is 1. The molecule has 0 aliphatic heterocycles. The van der Waals surface area contributed by atoms with Crippen molar-refractivity contribution < 1.29 is 0 Å². The van der Waals surface area contributed by atoms with Gasteiger partial charge in [-0.05, 0) is 33.6 Å². The molecule has 1 aliphatic rings. The first kappa shape index (κ1) is 15.1. The van der Waals surface area contributed by atoms with E-state index >= 15 is 0 Å². The van der Waals surface area contributed by atoms with Crippen LogP contribution in [0.4, 0.5) is 0 Å². The first-order chi connectivity index (χ1) is 10.4. The summed E-state index contributed by atoms with van der Waals surface area (Å²) < 4.78 is 0. The summed E-state index contributed by atoms with van der Waals surface area (Å²) >= 11 is 0. The van der Waals surface area contributed by atoms with Crippen molar-refractivity contribution in [1.29, 1.82) is 0 Å². The lowest BCUT2D eigenvalue weighted by Gasteiger charge is -2.28. The van der Waals surface area contributed by atoms with Crippen molar-refractivity contribution in [3.05, 3.63) is 76.4 Å². The van der Waals surface area contributed by atoms with Crippen molar-refractivity contribution in [1.82, 2.24) is 0 Å². The molecule has 0 nitrogen and oxygen atoms in total. The summed E-state index contributed by atoms with van der Waals surface area (Å²) in [5.41, 5.74) is 7.52. The van der Waals surface area contributed by atoms with Crippen LogP contribution in [-0.2, 0) is 5.41 Å². The van der Waals surface area contributed by atoms with Gasteiger partial charge in [0.15, 0.2) is 0 Å². The Morgan fingerprint density at radius 2 is 1.55 bits per heavy atom. The van der Waals surface area contributed by atoms with Crippen LogP contribution in [0.25, 0.3) is 6.08 Å². The maximum Gasteiger partial charge on any atom is 0.0313 e. The van der Waals surface area contributed by atoms with Crippen molar-refractivity contribution in [2.45, 2.75) is 46.0 Å². The number of hydrogen-bond acceptors (Lipinski definition) is 0. The third-order valence-corrected chi connectivity index (χ3v) is 4.69. The van der Waals surface area contributed by atoms with Gasteiger partial charge in [0.25, 0.3) is 0 Å². The fourth-order valence-corrected chi connectivity index (χ4v) is 3.62. The topological polar surface area (TPSA) is 0 Å². The van der Waals surface area contributed by atoms with E-state index in [-0.39, 0.29) is 5.41 Å². The highest BCUT2D eigenvalue weighted by Crippen LogP contribution is 2.47. The highest BCUT2D eigenvalue weighted by molar-refractivity contribution is 5.72. The molecule has 1 aliphatic carbocycles. The molecule has 0 amide bonds. The Bertz CT molecular complexity index is 697. The van der Waals surface area contributed by atoms with Gasteiger partial charge in [0.2, 0.25) is 0 Å². The van der Waals surface area contributed by atoms with Gasteiger partial charge in [-0.2, -0.15) is 0 Å². The van der Waals surface area contributed by atoms with Crippen LogP contribution in [-0.4, -0.2) is 0 Å². The highest BCUT2D eigenvalue weighted by Gasteiger charge is 2.33. The van der Waals surface area contributed by atoms with E-state index in [1.54, 1.807) is 0 Å². The Labute approximate surface area is 134 Å². The second-order valence-electron chi connectivity index (χ2n) is 7.70. The van der Waals surface area contributed by atoms with E-state index in [0.717, 1.165) is 0 Å². The lowest BCUT2D eigenvalue weighted by atomic mass is 9.76. The Hall–Kier alpha value is -1.82. The molecule has 0 bridgehead atoms. The van der Waals surface area contributed by atoms with E-state index in [1.807, 2.05) is 0 Å². The van der Waals surface area contributed by atoms with E-state index in [0.29, 0.717) is 11.8 Å². The lowest BCUT2D eigenvalue weighted by Crippen LogP contribution is -2.17. The molecule has 1 atom stereocenters. The average molecular weight is 290 g/mol. The lowest BCUT2D eigenvalue weighted by molar-refractivity contribution is 0.578. The first-order valence-corrected chi connectivity index (χ1v) is 8.29. The van der Waals surface area contributed by atoms with Crippen LogP contribution >= 0.6 is 0 Å². The molecule has 0 saturated carbocycles. The van der Waals surface area contributed by atoms with Gasteiger partial charge in [0.05, 0.1) is 0 Å². The minimum Gasteiger partial charge on any atom is -0.0622 e. The zero-order valence-corrected chi connectivity index (χ0v) is 14.4. The fourth-order valence-electron chi connectivity index (χ4n) is 3.62. The zero-order chi connectivity index (χ0) is 15.9. The van der Waals surface area contributed by atoms with Gasteiger partial charge in [-0.15, -0.1) is 0 Å². The number of hydrogen-bond donors (Lipinski definition) is 0. The minimum absolute atomic E-state index is 0.165. The molecule has 0 saturated heterocycles. The van der Waals surface area contributed by atoms with Crippen molar-refractivity contribution >= 4 is 6.08 Å². The third-order valence-electron chi connectivity index (χ3n) is 4.69. The molecule has 0 radical (unpaired) electrons. The monoisotopic (exact) mass is 290 g/mol. The molecule has 0 fully saturated rings. The zero-order valence-electron chi connectivity index (χ0n) is 14.4. The third kappa shape index (κ3) is 2.52. The van der Waals surface area contributed by atoms with E-state index in [4.69, 9.17) is 0 Å². The molecule has 0 N–H and O–H groups in total. The van der Waals surface area contributed by atoms with Gasteiger partial charge >= 0.3 is 0 Å². The molecule has 3 rings (SSSR count). The van der Waals surface area contributed by atoms with Crippen LogP contribution in [0, 0.1) is 5.92 Å². The van der Waals surface area contributed by atoms with Crippen molar-refractivity contribution in [3.8, 4) is 0 Å². The van der Waals surface area contributed by atoms with Gasteiger partial charge in [0, 0.05) is 5.92 Å². The number of allylic oxidation sites excluding steroid dienone is 1. The maximum absolute atomic E-state index is 2.42. The predicted molar refractivity (Wildman–Crippen MR) is 96.2 cm³/mol. The van der Waals surface area contributed by atoms with Gasteiger partial charge in [-0.25, -0.2) is 0 Å². The predicted octanol–water partition coefficient (Wildman–Crippen LogP) is 6.17. The smallest absolute Gasteiger partial charge is 0.0313 e. The Kier molecular flexibility index (Phi) is 3.72. The molecule has 0 aromatic heterocycles. The number of rotatable bonds is 2. The van der Waals surface area contributed by atoms with Gasteiger partial charge in [-0.3, -0.25) is 0 Å². The normalized spacial score (nSPS) is 17.5. The quantitative estimate of drug-likeness (QED) is 0.620. The molecule has 0 heterocycles. The van der Waals surface area contributed by atoms with Crippen molar-refractivity contribution in [3.63, 3.8) is 0 Å². The fraction of sp³-hybridized carbons (Fsp3) is 0.364. The summed E-state index contributed by atoms with van der Waals surface area (Å²) in [6, 6.07) is 17.8. The molecule has 0 spiro atoms. The molecule has 0 heteroatoms. The van der Waals surface area contributed by atoms with Gasteiger partial charge in [0.1, 0.15) is 0 Å². The summed E-state index contributed by atoms with van der Waals surface area (Å²) in [5.74, 6) is 0.969. The Morgan fingerprint density at radius 1 is 0.864 bits per heavy atom. The summed E-state index contributed by atoms with van der Waals surface area (Å²) in [7, 11) is 0. The molecule has 114 valence electrons. The van der Waals surface area contributed by atoms with E-state index in [1.165, 1.54) is 27.8 Å². The second-order valence-corrected chi connectivity index (χ2v) is 7.70. The van der Waals surface area contributed by atoms with Gasteiger partial charge in [-0.1, -0.05) is 94.8 Å². The van der Waals surface area contributed by atoms with Crippen LogP contribution in [0.2, 0.25) is 0 Å². The largest absolute Gasteiger partial charge is 0.0622 e. The van der Waals surface area contributed by atoms with Crippen LogP contribution in [0.3, 0.4) is 0 Å². The summed E-state index contributed by atoms with van der Waals surface area (Å²) in [4.78, 5) is 0. The van der Waals surface area contributed by atoms with Gasteiger partial charge < -0.3 is 0 Å². The Balaban J connectivity index is 2.24. The Morgan fingerprint density at radius 3 is 2.14 bits per heavy atom. The summed E-state index contributed by atoms with van der Waals surface area (Å²) in [6.45, 7) is 11.6. The van der Waals surface area contributed by atoms with E-state index < -0.39 is 0 Å². The molecule has 1 unspecified atom stereocenters. The average Bonchev–Trinajstić information content (AvgIpc) is 2.86. The second kappa shape index (κ2) is 5.43. The first-order valence-electron chi connectivity index (χ1n) is 8.29. The number of benzene rings is 2. The molecule has 22 heavy (non-hydrogen) atoms. The highest BCUT2D eigenvalue weighted by atomic mass is 14.4. The van der Waals surface area contributed by atoms with Crippen LogP contribution in [0.15, 0.2) is 54.1 Å². The molecule has 2 aromatic rings. The maximum atomic E-state index is 2.42. The standard InChI is InChI=1S/C22H26/c1-15(2)18-14-17-12-9-13-19(22(3,4)5)21(17)20(18)16-10-7-6-8-11-16/h6-15,20H,1-5H3. The molecule has 2 aromatic carbocycles.